The van der Waals surface area contributed by atoms with E-state index in [-0.39, 0.29) is 54.7 Å². The van der Waals surface area contributed by atoms with E-state index in [9.17, 15) is 9.59 Å². The number of amides is 1. The summed E-state index contributed by atoms with van der Waals surface area (Å²) < 4.78 is 64.7. The zero-order chi connectivity index (χ0) is 36.5. The Morgan fingerprint density at radius 3 is 2.12 bits per heavy atom. The highest BCUT2D eigenvalue weighted by atomic mass is 35.5. The first-order chi connectivity index (χ1) is 23.6. The number of hydrogen-bond donors (Lipinski definition) is 0. The summed E-state index contributed by atoms with van der Waals surface area (Å²) in [5, 5.41) is 4.72. The summed E-state index contributed by atoms with van der Waals surface area (Å²) in [5.74, 6) is -1.16. The number of alkyl halides is 3. The molecule has 278 valence electrons. The highest BCUT2D eigenvalue weighted by molar-refractivity contribution is 6.73. The minimum absolute atomic E-state index is 0.0727. The Kier molecular flexibility index (Phi) is 12.0. The monoisotopic (exact) mass is 760 g/mol. The first-order valence-corrected chi connectivity index (χ1v) is 21.2. The molecule has 1 saturated carbocycles. The van der Waals surface area contributed by atoms with Gasteiger partial charge in [0.05, 0.1) is 70.8 Å². The van der Waals surface area contributed by atoms with Gasteiger partial charge in [-0.2, -0.15) is 18.3 Å². The smallest absolute Gasteiger partial charge is 0.433 e. The fourth-order valence-corrected chi connectivity index (χ4v) is 11.5. The van der Waals surface area contributed by atoms with Crippen LogP contribution >= 0.6 is 23.2 Å². The summed E-state index contributed by atoms with van der Waals surface area (Å²) in [6.45, 7) is 9.96. The number of carbonyl (C=O) groups is 2. The van der Waals surface area contributed by atoms with Gasteiger partial charge in [0.2, 0.25) is 0 Å². The molecule has 3 fully saturated rings. The quantitative estimate of drug-likeness (QED) is 0.140. The number of fused-ring (bicyclic) bond motifs is 2. The first-order valence-electron chi connectivity index (χ1n) is 17.9. The Bertz CT molecular complexity index is 1490. The summed E-state index contributed by atoms with van der Waals surface area (Å²) in [5.41, 5.74) is -2.62. The second kappa shape index (κ2) is 15.4. The molecule has 1 unspecified atom stereocenters. The Balaban J connectivity index is 1.54. The lowest BCUT2D eigenvalue weighted by molar-refractivity contribution is -0.157. The van der Waals surface area contributed by atoms with Gasteiger partial charge in [-0.3, -0.25) is 19.3 Å². The molecule has 0 spiro atoms. The molecule has 2 bridgehead atoms. The van der Waals surface area contributed by atoms with Crippen LogP contribution in [-0.4, -0.2) is 71.3 Å². The van der Waals surface area contributed by atoms with Crippen LogP contribution in [0.3, 0.4) is 0 Å². The number of ether oxygens (including phenoxy) is 2. The van der Waals surface area contributed by atoms with Crippen molar-refractivity contribution in [2.24, 2.45) is 5.41 Å². The number of pyridine rings is 1. The molecular weight excluding hydrogens is 712 g/mol. The maximum Gasteiger partial charge on any atom is 0.433 e. The number of esters is 1. The number of nitrogens with zero attached hydrogens (tertiary/aromatic N) is 4. The van der Waals surface area contributed by atoms with Gasteiger partial charge >= 0.3 is 12.1 Å². The topological polar surface area (TPSA) is 95.8 Å². The van der Waals surface area contributed by atoms with Crippen molar-refractivity contribution in [3.63, 3.8) is 0 Å². The standard InChI is InChI=1S/C35H49Cl2F3N4O5Si/c1-6-47-32(46)33(5)14-10-23(11-15-33)44-30(35(38,39)40)25(18-42-44)31(45)43(22-34-16-12-24(48-34)13-17-34)21-28(49-50(7-2,8-3)9-4)29-26(36)19-41-20-27(29)37/h18-20,23-24,28H,6-17,21-22H2,1-5H3/t23?,24-,28?,33?,34-. The Labute approximate surface area is 303 Å². The highest BCUT2D eigenvalue weighted by Crippen LogP contribution is 2.47. The van der Waals surface area contributed by atoms with Crippen molar-refractivity contribution in [2.45, 2.75) is 134 Å². The molecule has 2 aromatic heterocycles. The average Bonchev–Trinajstić information content (AvgIpc) is 3.82. The third-order valence-corrected chi connectivity index (χ3v) is 16.7. The van der Waals surface area contributed by atoms with E-state index >= 15 is 13.2 Å². The van der Waals surface area contributed by atoms with Crippen LogP contribution < -0.4 is 0 Å². The molecule has 1 aliphatic carbocycles. The molecule has 2 aromatic rings. The van der Waals surface area contributed by atoms with Gasteiger partial charge < -0.3 is 18.8 Å². The van der Waals surface area contributed by atoms with Crippen molar-refractivity contribution >= 4 is 43.4 Å². The largest absolute Gasteiger partial charge is 0.466 e. The van der Waals surface area contributed by atoms with Gasteiger partial charge in [0, 0.05) is 18.0 Å². The van der Waals surface area contributed by atoms with Crippen molar-refractivity contribution in [1.29, 1.82) is 0 Å². The van der Waals surface area contributed by atoms with Crippen LogP contribution in [0, 0.1) is 5.41 Å². The third-order valence-electron chi connectivity index (χ3n) is 11.4. The normalized spacial score (nSPS) is 25.9. The second-order valence-corrected chi connectivity index (χ2v) is 20.0. The minimum Gasteiger partial charge on any atom is -0.466 e. The lowest BCUT2D eigenvalue weighted by Crippen LogP contribution is -2.48. The molecule has 2 aliphatic heterocycles. The lowest BCUT2D eigenvalue weighted by atomic mass is 9.74. The average molecular weight is 762 g/mol. The van der Waals surface area contributed by atoms with E-state index in [1.54, 1.807) is 13.8 Å². The maximum atomic E-state index is 15.1. The third kappa shape index (κ3) is 7.91. The summed E-state index contributed by atoms with van der Waals surface area (Å²) in [6, 6.07) is 1.73. The zero-order valence-electron chi connectivity index (χ0n) is 29.6. The molecule has 4 heterocycles. The molecule has 2 saturated heterocycles. The van der Waals surface area contributed by atoms with Crippen LogP contribution in [0.15, 0.2) is 18.6 Å². The van der Waals surface area contributed by atoms with E-state index in [0.29, 0.717) is 31.2 Å². The van der Waals surface area contributed by atoms with Crippen molar-refractivity contribution in [3.8, 4) is 0 Å². The Hall–Kier alpha value is -2.19. The first kappa shape index (κ1) is 39.0. The van der Waals surface area contributed by atoms with Crippen molar-refractivity contribution < 1.29 is 36.7 Å². The van der Waals surface area contributed by atoms with E-state index in [1.165, 1.54) is 17.3 Å². The van der Waals surface area contributed by atoms with Gasteiger partial charge in [0.1, 0.15) is 0 Å². The molecule has 15 heteroatoms. The molecule has 9 nitrogen and oxygen atoms in total. The molecule has 0 N–H and O–H groups in total. The van der Waals surface area contributed by atoms with Gasteiger partial charge in [-0.25, -0.2) is 0 Å². The molecule has 0 radical (unpaired) electrons. The SMILES string of the molecule is CCOC(=O)C1(C)CCC(n2ncc(C(=O)N(CC(O[Si](CC)(CC)CC)c3c(Cl)cncc3Cl)C[C@]34CC[C@@H](CC3)O4)c2C(F)(F)F)CC1. The van der Waals surface area contributed by atoms with Crippen LogP contribution in [-0.2, 0) is 24.9 Å². The number of halogens is 5. The zero-order valence-corrected chi connectivity index (χ0v) is 32.1. The fraction of sp³-hybridized carbons (Fsp3) is 0.714. The second-order valence-electron chi connectivity index (χ2n) is 14.4. The lowest BCUT2D eigenvalue weighted by Gasteiger charge is -2.39. The summed E-state index contributed by atoms with van der Waals surface area (Å²) in [7, 11) is -2.37. The van der Waals surface area contributed by atoms with Gasteiger partial charge in [-0.1, -0.05) is 44.0 Å². The van der Waals surface area contributed by atoms with Crippen LogP contribution in [0.25, 0.3) is 0 Å². The van der Waals surface area contributed by atoms with Gasteiger partial charge in [0.25, 0.3) is 5.91 Å². The van der Waals surface area contributed by atoms with Crippen molar-refractivity contribution in [2.75, 3.05) is 19.7 Å². The van der Waals surface area contributed by atoms with Crippen LogP contribution in [0.5, 0.6) is 0 Å². The van der Waals surface area contributed by atoms with Crippen LogP contribution in [0.4, 0.5) is 13.2 Å². The van der Waals surface area contributed by atoms with Gasteiger partial charge in [-0.05, 0) is 83.3 Å². The molecule has 50 heavy (non-hydrogen) atoms. The molecule has 3 aliphatic rings. The number of aromatic nitrogens is 3. The van der Waals surface area contributed by atoms with Crippen LogP contribution in [0.1, 0.15) is 120 Å². The summed E-state index contributed by atoms with van der Waals surface area (Å²) >= 11 is 13.4. The maximum absolute atomic E-state index is 15.1. The van der Waals surface area contributed by atoms with Crippen molar-refractivity contribution in [3.05, 3.63) is 45.5 Å². The summed E-state index contributed by atoms with van der Waals surface area (Å²) in [4.78, 5) is 32.8. The van der Waals surface area contributed by atoms with E-state index in [2.05, 4.69) is 30.9 Å². The fourth-order valence-electron chi connectivity index (χ4n) is 8.13. The molecule has 1 atom stereocenters. The van der Waals surface area contributed by atoms with Crippen molar-refractivity contribution in [1.82, 2.24) is 19.7 Å². The molecule has 0 aromatic carbocycles. The van der Waals surface area contributed by atoms with Crippen LogP contribution in [0.2, 0.25) is 28.2 Å². The predicted molar refractivity (Wildman–Crippen MR) is 187 cm³/mol. The van der Waals surface area contributed by atoms with E-state index in [4.69, 9.17) is 37.1 Å². The summed E-state index contributed by atoms with van der Waals surface area (Å²) in [6.07, 6.45) is 2.65. The van der Waals surface area contributed by atoms with E-state index in [0.717, 1.165) is 41.9 Å². The highest BCUT2D eigenvalue weighted by Gasteiger charge is 2.50. The van der Waals surface area contributed by atoms with Gasteiger partial charge in [-0.15, -0.1) is 0 Å². The molecule has 1 amide bonds. The Morgan fingerprint density at radius 2 is 1.62 bits per heavy atom. The van der Waals surface area contributed by atoms with E-state index < -0.39 is 54.8 Å². The van der Waals surface area contributed by atoms with Gasteiger partial charge in [0.15, 0.2) is 14.0 Å². The number of hydrogen-bond acceptors (Lipinski definition) is 7. The number of carbonyl (C=O) groups excluding carboxylic acids is 2. The minimum atomic E-state index is -4.88. The molecular formula is C35H49Cl2F3N4O5Si. The van der Waals surface area contributed by atoms with E-state index in [1.807, 2.05) is 0 Å². The predicted octanol–water partition coefficient (Wildman–Crippen LogP) is 9.21. The Morgan fingerprint density at radius 1 is 1.02 bits per heavy atom. The molecule has 5 rings (SSSR count). The number of rotatable bonds is 14.